The average Bonchev–Trinajstić information content (AvgIpc) is 2.56. The van der Waals surface area contributed by atoms with Gasteiger partial charge in [0.2, 0.25) is 5.91 Å². The Morgan fingerprint density at radius 2 is 2.23 bits per heavy atom. The fraction of sp³-hybridized carbons (Fsp3) is 0.591. The lowest BCUT2D eigenvalue weighted by Gasteiger charge is -2.38. The summed E-state index contributed by atoms with van der Waals surface area (Å²) >= 11 is 6.40. The zero-order valence-corrected chi connectivity index (χ0v) is 17.1. The predicted octanol–water partition coefficient (Wildman–Crippen LogP) is 4.81. The molecule has 1 aromatic rings. The Morgan fingerprint density at radius 3 is 2.88 bits per heavy atom. The maximum absolute atomic E-state index is 12.7. The van der Waals surface area contributed by atoms with E-state index in [2.05, 4.69) is 31.0 Å². The van der Waals surface area contributed by atoms with Gasteiger partial charge in [0, 0.05) is 22.7 Å². The van der Waals surface area contributed by atoms with Gasteiger partial charge in [-0.3, -0.25) is 4.79 Å². The van der Waals surface area contributed by atoms with Crippen molar-refractivity contribution < 1.29 is 9.53 Å². The molecule has 1 amide bonds. The van der Waals surface area contributed by atoms with Crippen LogP contribution in [0.5, 0.6) is 0 Å². The Bertz CT molecular complexity index is 681. The highest BCUT2D eigenvalue weighted by atomic mass is 35.5. The van der Waals surface area contributed by atoms with E-state index in [1.807, 2.05) is 19.1 Å². The number of rotatable bonds is 6. The summed E-state index contributed by atoms with van der Waals surface area (Å²) in [6.45, 7) is 8.81. The maximum atomic E-state index is 12.7. The van der Waals surface area contributed by atoms with Gasteiger partial charge in [0.05, 0.1) is 12.5 Å². The molecule has 4 heteroatoms. The van der Waals surface area contributed by atoms with Crippen LogP contribution in [-0.4, -0.2) is 24.2 Å². The number of carbonyl (C=O) groups excluding carboxylic acids is 1. The Kier molecular flexibility index (Phi) is 7.55. The lowest BCUT2D eigenvalue weighted by atomic mass is 9.81. The molecule has 0 saturated heterocycles. The van der Waals surface area contributed by atoms with Crippen LogP contribution in [0.15, 0.2) is 12.1 Å². The smallest absolute Gasteiger partial charge is 0.224 e. The van der Waals surface area contributed by atoms with E-state index in [1.54, 1.807) is 6.92 Å². The van der Waals surface area contributed by atoms with Gasteiger partial charge in [-0.25, -0.2) is 0 Å². The molecular formula is C22H30ClNO2. The van der Waals surface area contributed by atoms with E-state index in [0.29, 0.717) is 11.4 Å². The number of carbonyl (C=O) groups is 1. The van der Waals surface area contributed by atoms with Gasteiger partial charge in [0.25, 0.3) is 0 Å². The second kappa shape index (κ2) is 9.44. The lowest BCUT2D eigenvalue weighted by Crippen LogP contribution is -2.51. The highest BCUT2D eigenvalue weighted by Crippen LogP contribution is 2.30. The summed E-state index contributed by atoms with van der Waals surface area (Å²) in [5, 5.41) is 3.85. The molecule has 0 heterocycles. The van der Waals surface area contributed by atoms with Gasteiger partial charge in [-0.05, 0) is 76.1 Å². The Hall–Kier alpha value is -1.50. The first kappa shape index (κ1) is 20.8. The van der Waals surface area contributed by atoms with Crippen molar-refractivity contribution in [3.63, 3.8) is 0 Å². The zero-order valence-electron chi connectivity index (χ0n) is 16.4. The number of benzene rings is 1. The third kappa shape index (κ3) is 5.76. The van der Waals surface area contributed by atoms with E-state index in [4.69, 9.17) is 16.3 Å². The van der Waals surface area contributed by atoms with Gasteiger partial charge in [-0.1, -0.05) is 24.4 Å². The molecule has 1 aromatic carbocycles. The summed E-state index contributed by atoms with van der Waals surface area (Å²) in [4.78, 5) is 12.7. The number of ether oxygens (including phenoxy) is 1. The van der Waals surface area contributed by atoms with Crippen LogP contribution in [0, 0.1) is 18.8 Å². The number of amides is 1. The van der Waals surface area contributed by atoms with Crippen LogP contribution in [-0.2, 0) is 16.0 Å². The molecule has 142 valence electrons. The van der Waals surface area contributed by atoms with Crippen LogP contribution in [0.4, 0.5) is 0 Å². The first-order valence-electron chi connectivity index (χ1n) is 9.51. The second-order valence-corrected chi connectivity index (χ2v) is 7.91. The number of halogens is 1. The molecule has 0 bridgehead atoms. The van der Waals surface area contributed by atoms with Crippen molar-refractivity contribution in [3.8, 4) is 11.8 Å². The first-order valence-corrected chi connectivity index (χ1v) is 9.89. The van der Waals surface area contributed by atoms with E-state index in [9.17, 15) is 4.79 Å². The van der Waals surface area contributed by atoms with Crippen molar-refractivity contribution in [2.75, 3.05) is 6.61 Å². The maximum Gasteiger partial charge on any atom is 0.224 e. The average molecular weight is 376 g/mol. The molecule has 26 heavy (non-hydrogen) atoms. The molecule has 1 saturated carbocycles. The molecule has 0 aromatic heterocycles. The molecule has 0 aliphatic heterocycles. The molecule has 1 aliphatic carbocycles. The van der Waals surface area contributed by atoms with Crippen molar-refractivity contribution in [2.24, 2.45) is 0 Å². The summed E-state index contributed by atoms with van der Waals surface area (Å²) < 4.78 is 5.92. The second-order valence-electron chi connectivity index (χ2n) is 7.50. The normalized spacial score (nSPS) is 22.4. The number of hydrogen-bond donors (Lipinski definition) is 1. The molecule has 1 N–H and O–H groups in total. The lowest BCUT2D eigenvalue weighted by molar-refractivity contribution is -0.123. The fourth-order valence-corrected chi connectivity index (χ4v) is 4.06. The first-order chi connectivity index (χ1) is 12.4. The largest absolute Gasteiger partial charge is 0.378 e. The Balaban J connectivity index is 2.02. The molecule has 1 fully saturated rings. The predicted molar refractivity (Wildman–Crippen MR) is 107 cm³/mol. The molecule has 1 aliphatic rings. The molecule has 2 atom stereocenters. The standard InChI is InChI=1S/C22H30ClNO2/c1-5-8-17-12-16(3)19(20(23)13-17)14-21(25)24-22(4)10-7-9-18(15-22)26-11-6-2/h12-13,18H,6-7,9-11,14-15H2,1-4H3,(H,24,25). The highest BCUT2D eigenvalue weighted by Gasteiger charge is 2.34. The fourth-order valence-electron chi connectivity index (χ4n) is 3.72. The topological polar surface area (TPSA) is 38.3 Å². The van der Waals surface area contributed by atoms with Crippen molar-refractivity contribution in [2.45, 2.75) is 77.9 Å². The molecule has 0 spiro atoms. The molecular weight excluding hydrogens is 346 g/mol. The van der Waals surface area contributed by atoms with Crippen LogP contribution in [0.3, 0.4) is 0 Å². The quantitative estimate of drug-likeness (QED) is 0.725. The van der Waals surface area contributed by atoms with Crippen molar-refractivity contribution in [1.29, 1.82) is 0 Å². The van der Waals surface area contributed by atoms with E-state index in [0.717, 1.165) is 55.4 Å². The van der Waals surface area contributed by atoms with E-state index < -0.39 is 0 Å². The minimum Gasteiger partial charge on any atom is -0.378 e. The molecule has 3 nitrogen and oxygen atoms in total. The third-order valence-electron chi connectivity index (χ3n) is 4.96. The van der Waals surface area contributed by atoms with Gasteiger partial charge in [-0.2, -0.15) is 0 Å². The van der Waals surface area contributed by atoms with Crippen LogP contribution >= 0.6 is 11.6 Å². The van der Waals surface area contributed by atoms with Crippen LogP contribution in [0.1, 0.15) is 69.6 Å². The van der Waals surface area contributed by atoms with Gasteiger partial charge >= 0.3 is 0 Å². The molecule has 2 unspecified atom stereocenters. The minimum atomic E-state index is -0.207. The number of hydrogen-bond acceptors (Lipinski definition) is 2. The van der Waals surface area contributed by atoms with Crippen LogP contribution < -0.4 is 5.32 Å². The number of aryl methyl sites for hydroxylation is 1. The summed E-state index contributed by atoms with van der Waals surface area (Å²) in [6, 6.07) is 3.83. The zero-order chi connectivity index (χ0) is 19.2. The highest BCUT2D eigenvalue weighted by molar-refractivity contribution is 6.31. The van der Waals surface area contributed by atoms with E-state index >= 15 is 0 Å². The van der Waals surface area contributed by atoms with E-state index in [1.165, 1.54) is 0 Å². The Morgan fingerprint density at radius 1 is 1.46 bits per heavy atom. The number of nitrogens with one attached hydrogen (secondary N) is 1. The summed E-state index contributed by atoms with van der Waals surface area (Å²) in [6.07, 6.45) is 5.58. The van der Waals surface area contributed by atoms with Crippen LogP contribution in [0.25, 0.3) is 0 Å². The molecule has 2 rings (SSSR count). The van der Waals surface area contributed by atoms with Gasteiger partial charge in [-0.15, -0.1) is 5.92 Å². The van der Waals surface area contributed by atoms with Crippen molar-refractivity contribution in [3.05, 3.63) is 33.8 Å². The third-order valence-corrected chi connectivity index (χ3v) is 5.29. The summed E-state index contributed by atoms with van der Waals surface area (Å²) in [5.41, 5.74) is 2.56. The Labute approximate surface area is 162 Å². The van der Waals surface area contributed by atoms with Gasteiger partial charge < -0.3 is 10.1 Å². The van der Waals surface area contributed by atoms with Crippen LogP contribution in [0.2, 0.25) is 5.02 Å². The van der Waals surface area contributed by atoms with Gasteiger partial charge in [0.15, 0.2) is 0 Å². The van der Waals surface area contributed by atoms with Crippen molar-refractivity contribution in [1.82, 2.24) is 5.32 Å². The molecule has 0 radical (unpaired) electrons. The van der Waals surface area contributed by atoms with Crippen molar-refractivity contribution >= 4 is 17.5 Å². The van der Waals surface area contributed by atoms with E-state index in [-0.39, 0.29) is 17.6 Å². The van der Waals surface area contributed by atoms with Gasteiger partial charge in [0.1, 0.15) is 0 Å². The summed E-state index contributed by atoms with van der Waals surface area (Å²) in [7, 11) is 0. The summed E-state index contributed by atoms with van der Waals surface area (Å²) in [5.74, 6) is 5.91. The minimum absolute atomic E-state index is 0.0166. The SMILES string of the molecule is CC#Cc1cc(C)c(CC(=O)NC2(C)CCCC(OCCC)C2)c(Cl)c1. The monoisotopic (exact) mass is 375 g/mol.